The smallest absolute Gasteiger partial charge is 0.276 e. The number of pyridine rings is 2. The van der Waals surface area contributed by atoms with Gasteiger partial charge in [-0.2, -0.15) is 5.10 Å². The van der Waals surface area contributed by atoms with Gasteiger partial charge in [-0.1, -0.05) is 12.1 Å². The largest absolute Gasteiger partial charge is 0.439 e. The van der Waals surface area contributed by atoms with E-state index in [0.29, 0.717) is 30.0 Å². The van der Waals surface area contributed by atoms with E-state index in [0.717, 1.165) is 35.4 Å². The van der Waals surface area contributed by atoms with Gasteiger partial charge in [0, 0.05) is 42.4 Å². The molecule has 6 rings (SSSR count). The Bertz CT molecular complexity index is 1600. The second-order valence-corrected chi connectivity index (χ2v) is 8.76. The van der Waals surface area contributed by atoms with Gasteiger partial charge < -0.3 is 19.7 Å². The van der Waals surface area contributed by atoms with Crippen LogP contribution in [-0.4, -0.2) is 52.4 Å². The van der Waals surface area contributed by atoms with Crippen LogP contribution in [0.15, 0.2) is 79.3 Å². The zero-order chi connectivity index (χ0) is 25.9. The minimum absolute atomic E-state index is 0.263. The van der Waals surface area contributed by atoms with Crippen molar-refractivity contribution in [1.29, 1.82) is 0 Å². The number of benzene rings is 2. The van der Waals surface area contributed by atoms with Gasteiger partial charge in [0.2, 0.25) is 5.88 Å². The van der Waals surface area contributed by atoms with E-state index in [1.54, 1.807) is 24.3 Å². The van der Waals surface area contributed by atoms with Crippen LogP contribution in [0.5, 0.6) is 11.6 Å². The quantitative estimate of drug-likeness (QED) is 0.330. The molecule has 1 amide bonds. The van der Waals surface area contributed by atoms with E-state index in [9.17, 15) is 9.18 Å². The number of hydrogen-bond donors (Lipinski definition) is 2. The van der Waals surface area contributed by atoms with Crippen molar-refractivity contribution in [1.82, 2.24) is 20.2 Å². The lowest BCUT2D eigenvalue weighted by atomic mass is 10.0. The molecule has 0 aliphatic carbocycles. The minimum Gasteiger partial charge on any atom is -0.439 e. The van der Waals surface area contributed by atoms with Gasteiger partial charge in [-0.25, -0.2) is 9.37 Å². The lowest BCUT2D eigenvalue weighted by molar-refractivity contribution is 0.102. The Morgan fingerprint density at radius 3 is 2.71 bits per heavy atom. The van der Waals surface area contributed by atoms with Crippen LogP contribution >= 0.6 is 0 Å². The van der Waals surface area contributed by atoms with Crippen LogP contribution in [0, 0.1) is 5.82 Å². The van der Waals surface area contributed by atoms with Crippen LogP contribution in [0.25, 0.3) is 22.0 Å². The summed E-state index contributed by atoms with van der Waals surface area (Å²) in [6, 6.07) is 16.9. The minimum atomic E-state index is -0.401. The first-order chi connectivity index (χ1) is 18.6. The third-order valence-electron chi connectivity index (χ3n) is 6.22. The van der Waals surface area contributed by atoms with E-state index in [1.165, 1.54) is 18.3 Å². The van der Waals surface area contributed by atoms with Gasteiger partial charge in [-0.15, -0.1) is 0 Å². The van der Waals surface area contributed by atoms with Gasteiger partial charge in [0.05, 0.1) is 42.5 Å². The Morgan fingerprint density at radius 1 is 1.00 bits per heavy atom. The molecule has 3 aromatic heterocycles. The van der Waals surface area contributed by atoms with Crippen LogP contribution in [-0.2, 0) is 4.74 Å². The molecule has 5 aromatic rings. The molecule has 1 aliphatic heterocycles. The number of nitrogens with one attached hydrogen (secondary N) is 2. The zero-order valence-electron chi connectivity index (χ0n) is 20.2. The first-order valence-corrected chi connectivity index (χ1v) is 12.1. The van der Waals surface area contributed by atoms with Crippen molar-refractivity contribution in [3.8, 4) is 22.8 Å². The summed E-state index contributed by atoms with van der Waals surface area (Å²) in [7, 11) is 0. The van der Waals surface area contributed by atoms with Gasteiger partial charge >= 0.3 is 0 Å². The number of H-pyrrole nitrogens is 1. The van der Waals surface area contributed by atoms with Crippen molar-refractivity contribution in [2.75, 3.05) is 36.5 Å². The number of fused-ring (bicyclic) bond motifs is 1. The molecule has 0 unspecified atom stereocenters. The molecule has 38 heavy (non-hydrogen) atoms. The first kappa shape index (κ1) is 23.6. The van der Waals surface area contributed by atoms with Crippen molar-refractivity contribution in [3.05, 3.63) is 90.8 Å². The molecule has 0 saturated carbocycles. The van der Waals surface area contributed by atoms with Crippen molar-refractivity contribution < 1.29 is 18.7 Å². The number of aromatic amines is 1. The van der Waals surface area contributed by atoms with Gasteiger partial charge in [0.1, 0.15) is 11.6 Å². The highest BCUT2D eigenvalue weighted by Gasteiger charge is 2.17. The molecule has 1 saturated heterocycles. The number of amides is 1. The van der Waals surface area contributed by atoms with Gasteiger partial charge in [-0.3, -0.25) is 14.9 Å². The molecule has 2 aromatic carbocycles. The van der Waals surface area contributed by atoms with Crippen LogP contribution in [0.1, 0.15) is 10.5 Å². The number of morpholine rings is 1. The summed E-state index contributed by atoms with van der Waals surface area (Å²) < 4.78 is 24.4. The number of ether oxygens (including phenoxy) is 2. The SMILES string of the molecule is O=C(Nc1ccc(Oc2cccc(F)c2)nc1)c1n[nH]c2ccc(-c3cncc(N4CCOCC4)c3)cc12. The number of aromatic nitrogens is 4. The average Bonchev–Trinajstić information content (AvgIpc) is 3.38. The number of anilines is 2. The second-order valence-electron chi connectivity index (χ2n) is 8.76. The Morgan fingerprint density at radius 2 is 1.89 bits per heavy atom. The maximum Gasteiger partial charge on any atom is 0.276 e. The fraction of sp³-hybridized carbons (Fsp3) is 0.143. The summed E-state index contributed by atoms with van der Waals surface area (Å²) >= 11 is 0. The van der Waals surface area contributed by atoms with E-state index >= 15 is 0 Å². The molecule has 190 valence electrons. The highest BCUT2D eigenvalue weighted by molar-refractivity contribution is 6.11. The second kappa shape index (κ2) is 10.3. The lowest BCUT2D eigenvalue weighted by Crippen LogP contribution is -2.36. The molecular weight excluding hydrogens is 487 g/mol. The van der Waals surface area contributed by atoms with Gasteiger partial charge in [0.15, 0.2) is 5.69 Å². The van der Waals surface area contributed by atoms with Gasteiger partial charge in [-0.05, 0) is 42.0 Å². The highest BCUT2D eigenvalue weighted by Crippen LogP contribution is 2.28. The summed E-state index contributed by atoms with van der Waals surface area (Å²) in [4.78, 5) is 24.0. The molecule has 0 radical (unpaired) electrons. The Labute approximate surface area is 217 Å². The summed E-state index contributed by atoms with van der Waals surface area (Å²) in [5.74, 6) is -0.175. The number of carbonyl (C=O) groups excluding carboxylic acids is 1. The Kier molecular flexibility index (Phi) is 6.37. The Balaban J connectivity index is 1.20. The molecular formula is C28H23FN6O3. The fourth-order valence-corrected chi connectivity index (χ4v) is 4.30. The van der Waals surface area contributed by atoms with Crippen molar-refractivity contribution in [3.63, 3.8) is 0 Å². The summed E-state index contributed by atoms with van der Waals surface area (Å²) in [6.45, 7) is 3.04. The number of halogens is 1. The third kappa shape index (κ3) is 5.02. The molecule has 9 nitrogen and oxygen atoms in total. The van der Waals surface area contributed by atoms with Crippen molar-refractivity contribution >= 4 is 28.2 Å². The van der Waals surface area contributed by atoms with E-state index in [2.05, 4.69) is 36.4 Å². The fourth-order valence-electron chi connectivity index (χ4n) is 4.30. The number of nitrogens with zero attached hydrogens (tertiary/aromatic N) is 4. The Hall–Kier alpha value is -4.83. The van der Waals surface area contributed by atoms with E-state index < -0.39 is 5.82 Å². The molecule has 10 heteroatoms. The molecule has 2 N–H and O–H groups in total. The summed E-state index contributed by atoms with van der Waals surface area (Å²) in [6.07, 6.45) is 5.13. The molecule has 0 spiro atoms. The van der Waals surface area contributed by atoms with Crippen LogP contribution in [0.4, 0.5) is 15.8 Å². The highest BCUT2D eigenvalue weighted by atomic mass is 19.1. The maximum absolute atomic E-state index is 13.4. The predicted molar refractivity (Wildman–Crippen MR) is 141 cm³/mol. The van der Waals surface area contributed by atoms with E-state index in [4.69, 9.17) is 9.47 Å². The molecule has 4 heterocycles. The number of hydrogen-bond acceptors (Lipinski definition) is 7. The van der Waals surface area contributed by atoms with Crippen molar-refractivity contribution in [2.24, 2.45) is 0 Å². The zero-order valence-corrected chi connectivity index (χ0v) is 20.2. The van der Waals surface area contributed by atoms with E-state index in [1.807, 2.05) is 30.6 Å². The van der Waals surface area contributed by atoms with Crippen LogP contribution in [0.3, 0.4) is 0 Å². The molecule has 0 bridgehead atoms. The first-order valence-electron chi connectivity index (χ1n) is 12.1. The van der Waals surface area contributed by atoms with Crippen molar-refractivity contribution in [2.45, 2.75) is 0 Å². The normalized spacial score (nSPS) is 13.4. The van der Waals surface area contributed by atoms with Gasteiger partial charge in [0.25, 0.3) is 5.91 Å². The predicted octanol–water partition coefficient (Wildman–Crippen LogP) is 5.04. The molecule has 1 fully saturated rings. The number of carbonyl (C=O) groups is 1. The molecule has 1 aliphatic rings. The maximum atomic E-state index is 13.4. The van der Waals surface area contributed by atoms with E-state index in [-0.39, 0.29) is 17.5 Å². The topological polar surface area (TPSA) is 105 Å². The number of rotatable bonds is 6. The lowest BCUT2D eigenvalue weighted by Gasteiger charge is -2.28. The summed E-state index contributed by atoms with van der Waals surface area (Å²) in [5, 5.41) is 10.7. The standard InChI is InChI=1S/C28H23FN6O3/c29-20-2-1-3-23(14-20)38-26-7-5-21(16-31-26)32-28(36)27-24-13-18(4-6-25(24)33-34-27)19-12-22(17-30-15-19)35-8-10-37-11-9-35/h1-7,12-17H,8-11H2,(H,32,36)(H,33,34). The molecule has 0 atom stereocenters. The van der Waals surface area contributed by atoms with Crippen LogP contribution < -0.4 is 15.0 Å². The summed E-state index contributed by atoms with van der Waals surface area (Å²) in [5.41, 5.74) is 4.38. The monoisotopic (exact) mass is 510 g/mol. The average molecular weight is 511 g/mol. The third-order valence-corrected chi connectivity index (χ3v) is 6.22. The van der Waals surface area contributed by atoms with Crippen LogP contribution in [0.2, 0.25) is 0 Å².